The summed E-state index contributed by atoms with van der Waals surface area (Å²) in [6.07, 6.45) is 3.50. The number of benzene rings is 1. The van der Waals surface area contributed by atoms with Gasteiger partial charge in [-0.15, -0.1) is 0 Å². The first-order valence-corrected chi connectivity index (χ1v) is 6.00. The van der Waals surface area contributed by atoms with Crippen molar-refractivity contribution < 1.29 is 4.39 Å². The summed E-state index contributed by atoms with van der Waals surface area (Å²) in [5.74, 6) is -0.416. The molecular formula is C13H18FN3. The Hall–Kier alpha value is -1.58. The number of hydrogen-bond donors (Lipinski definition) is 2. The van der Waals surface area contributed by atoms with E-state index in [9.17, 15) is 4.39 Å². The molecule has 0 saturated carbocycles. The summed E-state index contributed by atoms with van der Waals surface area (Å²) in [4.78, 5) is 2.22. The molecule has 1 atom stereocenters. The van der Waals surface area contributed by atoms with Gasteiger partial charge in [-0.1, -0.05) is 0 Å². The SMILES string of the molecule is CC1CCCCN1c1ccc(F)cc1C(=N)N. The lowest BCUT2D eigenvalue weighted by Gasteiger charge is -2.36. The molecule has 0 bridgehead atoms. The number of anilines is 1. The number of nitrogens with two attached hydrogens (primary N) is 1. The maximum absolute atomic E-state index is 13.2. The molecule has 0 radical (unpaired) electrons. The summed E-state index contributed by atoms with van der Waals surface area (Å²) in [5.41, 5.74) is 6.91. The van der Waals surface area contributed by atoms with Crippen LogP contribution in [0.25, 0.3) is 0 Å². The number of rotatable bonds is 2. The summed E-state index contributed by atoms with van der Waals surface area (Å²) in [6.45, 7) is 3.11. The fourth-order valence-corrected chi connectivity index (χ4v) is 2.43. The summed E-state index contributed by atoms with van der Waals surface area (Å²) >= 11 is 0. The Morgan fingerprint density at radius 1 is 1.47 bits per heavy atom. The largest absolute Gasteiger partial charge is 0.384 e. The third-order valence-electron chi connectivity index (χ3n) is 3.36. The van der Waals surface area contributed by atoms with Crippen molar-refractivity contribution >= 4 is 11.5 Å². The molecule has 0 aromatic heterocycles. The molecule has 1 heterocycles. The van der Waals surface area contributed by atoms with Crippen molar-refractivity contribution in [3.63, 3.8) is 0 Å². The van der Waals surface area contributed by atoms with Gasteiger partial charge in [0.25, 0.3) is 0 Å². The van der Waals surface area contributed by atoms with Gasteiger partial charge in [0.2, 0.25) is 0 Å². The van der Waals surface area contributed by atoms with Crippen molar-refractivity contribution in [3.05, 3.63) is 29.6 Å². The van der Waals surface area contributed by atoms with Crippen LogP contribution in [0.1, 0.15) is 31.7 Å². The van der Waals surface area contributed by atoms with E-state index < -0.39 is 0 Å². The molecule has 1 aromatic rings. The highest BCUT2D eigenvalue weighted by atomic mass is 19.1. The van der Waals surface area contributed by atoms with Gasteiger partial charge in [0.1, 0.15) is 11.7 Å². The molecule has 4 heteroatoms. The van der Waals surface area contributed by atoms with Crippen molar-refractivity contribution in [1.29, 1.82) is 5.41 Å². The smallest absolute Gasteiger partial charge is 0.125 e. The van der Waals surface area contributed by atoms with Gasteiger partial charge in [-0.25, -0.2) is 4.39 Å². The molecule has 1 fully saturated rings. The molecule has 1 aliphatic rings. The molecule has 1 aliphatic heterocycles. The summed E-state index contributed by atoms with van der Waals surface area (Å²) in [5, 5.41) is 7.54. The summed E-state index contributed by atoms with van der Waals surface area (Å²) in [7, 11) is 0. The third-order valence-corrected chi connectivity index (χ3v) is 3.36. The van der Waals surface area contributed by atoms with Crippen LogP contribution in [0.2, 0.25) is 0 Å². The van der Waals surface area contributed by atoms with Crippen LogP contribution in [0.15, 0.2) is 18.2 Å². The molecule has 2 rings (SSSR count). The van der Waals surface area contributed by atoms with Crippen LogP contribution < -0.4 is 10.6 Å². The van der Waals surface area contributed by atoms with Gasteiger partial charge in [-0.2, -0.15) is 0 Å². The lowest BCUT2D eigenvalue weighted by Crippen LogP contribution is -2.38. The van der Waals surface area contributed by atoms with Crippen LogP contribution >= 0.6 is 0 Å². The highest BCUT2D eigenvalue weighted by molar-refractivity contribution is 6.00. The van der Waals surface area contributed by atoms with Crippen LogP contribution in [0.3, 0.4) is 0 Å². The van der Waals surface area contributed by atoms with Crippen LogP contribution in [-0.2, 0) is 0 Å². The van der Waals surface area contributed by atoms with E-state index in [1.807, 2.05) is 0 Å². The molecule has 1 saturated heterocycles. The van der Waals surface area contributed by atoms with E-state index >= 15 is 0 Å². The summed E-state index contributed by atoms with van der Waals surface area (Å²) in [6, 6.07) is 4.93. The quantitative estimate of drug-likeness (QED) is 0.611. The lowest BCUT2D eigenvalue weighted by atomic mass is 10.0. The molecule has 1 unspecified atom stereocenters. The molecular weight excluding hydrogens is 217 g/mol. The van der Waals surface area contributed by atoms with Gasteiger partial charge in [0, 0.05) is 23.8 Å². The van der Waals surface area contributed by atoms with Crippen molar-refractivity contribution in [1.82, 2.24) is 0 Å². The Bertz CT molecular complexity index is 431. The van der Waals surface area contributed by atoms with Crippen molar-refractivity contribution in [3.8, 4) is 0 Å². The van der Waals surface area contributed by atoms with Gasteiger partial charge in [0.05, 0.1) is 0 Å². The Morgan fingerprint density at radius 2 is 2.24 bits per heavy atom. The normalized spacial score (nSPS) is 20.4. The van der Waals surface area contributed by atoms with Gasteiger partial charge in [-0.3, -0.25) is 5.41 Å². The molecule has 92 valence electrons. The number of piperidine rings is 1. The number of amidine groups is 1. The topological polar surface area (TPSA) is 53.1 Å². The fraction of sp³-hybridized carbons (Fsp3) is 0.462. The van der Waals surface area contributed by atoms with E-state index in [0.29, 0.717) is 11.6 Å². The second-order valence-corrected chi connectivity index (χ2v) is 4.61. The first kappa shape index (κ1) is 11.9. The minimum Gasteiger partial charge on any atom is -0.384 e. The Morgan fingerprint density at radius 3 is 2.88 bits per heavy atom. The molecule has 0 spiro atoms. The number of nitrogens with one attached hydrogen (secondary N) is 1. The van der Waals surface area contributed by atoms with E-state index in [-0.39, 0.29) is 11.7 Å². The van der Waals surface area contributed by atoms with Gasteiger partial charge >= 0.3 is 0 Å². The maximum Gasteiger partial charge on any atom is 0.125 e. The van der Waals surface area contributed by atoms with Crippen molar-refractivity contribution in [2.75, 3.05) is 11.4 Å². The Kier molecular flexibility index (Phi) is 3.31. The minimum atomic E-state index is -0.344. The van der Waals surface area contributed by atoms with E-state index in [4.69, 9.17) is 11.1 Å². The van der Waals surface area contributed by atoms with Crippen LogP contribution in [-0.4, -0.2) is 18.4 Å². The number of hydrogen-bond acceptors (Lipinski definition) is 2. The highest BCUT2D eigenvalue weighted by Gasteiger charge is 2.21. The standard InChI is InChI=1S/C13H18FN3/c1-9-4-2-3-7-17(9)12-6-5-10(14)8-11(12)13(15)16/h5-6,8-9H,2-4,7H2,1H3,(H3,15,16). The van der Waals surface area contributed by atoms with E-state index in [1.54, 1.807) is 6.07 Å². The average Bonchev–Trinajstić information content (AvgIpc) is 2.30. The van der Waals surface area contributed by atoms with Crippen LogP contribution in [0, 0.1) is 11.2 Å². The van der Waals surface area contributed by atoms with Gasteiger partial charge < -0.3 is 10.6 Å². The zero-order valence-corrected chi connectivity index (χ0v) is 10.0. The first-order valence-electron chi connectivity index (χ1n) is 6.00. The molecule has 3 N–H and O–H groups in total. The van der Waals surface area contributed by atoms with E-state index in [2.05, 4.69) is 11.8 Å². The number of halogens is 1. The van der Waals surface area contributed by atoms with E-state index in [0.717, 1.165) is 25.1 Å². The van der Waals surface area contributed by atoms with Crippen LogP contribution in [0.4, 0.5) is 10.1 Å². The predicted molar refractivity (Wildman–Crippen MR) is 68.1 cm³/mol. The van der Waals surface area contributed by atoms with E-state index in [1.165, 1.54) is 18.6 Å². The molecule has 17 heavy (non-hydrogen) atoms. The first-order chi connectivity index (χ1) is 8.09. The van der Waals surface area contributed by atoms with Gasteiger partial charge in [-0.05, 0) is 44.4 Å². The third kappa shape index (κ3) is 2.40. The van der Waals surface area contributed by atoms with Crippen LogP contribution in [0.5, 0.6) is 0 Å². The number of nitrogen functional groups attached to an aromatic ring is 1. The van der Waals surface area contributed by atoms with Crippen molar-refractivity contribution in [2.24, 2.45) is 5.73 Å². The minimum absolute atomic E-state index is 0.0720. The second-order valence-electron chi connectivity index (χ2n) is 4.61. The average molecular weight is 235 g/mol. The zero-order valence-electron chi connectivity index (χ0n) is 10.0. The summed E-state index contributed by atoms with van der Waals surface area (Å²) < 4.78 is 13.2. The van der Waals surface area contributed by atoms with Crippen molar-refractivity contribution in [2.45, 2.75) is 32.2 Å². The molecule has 3 nitrogen and oxygen atoms in total. The predicted octanol–water partition coefficient (Wildman–Crippen LogP) is 2.49. The maximum atomic E-state index is 13.2. The number of nitrogens with zero attached hydrogens (tertiary/aromatic N) is 1. The second kappa shape index (κ2) is 4.73. The molecule has 0 aliphatic carbocycles. The molecule has 0 amide bonds. The molecule has 1 aromatic carbocycles. The fourth-order valence-electron chi connectivity index (χ4n) is 2.43. The Labute approximate surface area is 101 Å². The highest BCUT2D eigenvalue weighted by Crippen LogP contribution is 2.28. The van der Waals surface area contributed by atoms with Gasteiger partial charge in [0.15, 0.2) is 0 Å². The monoisotopic (exact) mass is 235 g/mol. The lowest BCUT2D eigenvalue weighted by molar-refractivity contribution is 0.484. The zero-order chi connectivity index (χ0) is 12.4. The Balaban J connectivity index is 2.39.